The van der Waals surface area contributed by atoms with Crippen molar-refractivity contribution in [2.24, 2.45) is 5.92 Å². The number of fused-ring (bicyclic) bond motifs is 3. The van der Waals surface area contributed by atoms with Crippen molar-refractivity contribution in [3.8, 4) is 11.1 Å². The number of carboxylic acid groups (broad SMARTS) is 1. The van der Waals surface area contributed by atoms with Crippen LogP contribution in [0.1, 0.15) is 37.8 Å². The van der Waals surface area contributed by atoms with Gasteiger partial charge in [0.2, 0.25) is 5.91 Å². The van der Waals surface area contributed by atoms with E-state index >= 15 is 0 Å². The van der Waals surface area contributed by atoms with Crippen molar-refractivity contribution in [1.82, 2.24) is 10.2 Å². The van der Waals surface area contributed by atoms with Gasteiger partial charge in [-0.25, -0.2) is 9.59 Å². The first-order chi connectivity index (χ1) is 14.7. The van der Waals surface area contributed by atoms with E-state index in [1.165, 1.54) is 14.0 Å². The second kappa shape index (κ2) is 9.20. The smallest absolute Gasteiger partial charge is 0.407 e. The molecule has 3 rings (SSSR count). The lowest BCUT2D eigenvalue weighted by Crippen LogP contribution is -2.53. The Labute approximate surface area is 182 Å². The summed E-state index contributed by atoms with van der Waals surface area (Å²) in [5.74, 6) is -1.91. The predicted molar refractivity (Wildman–Crippen MR) is 117 cm³/mol. The lowest BCUT2D eigenvalue weighted by Gasteiger charge is -2.29. The number of ether oxygens (including phenoxy) is 1. The Morgan fingerprint density at radius 2 is 1.52 bits per heavy atom. The maximum Gasteiger partial charge on any atom is 0.407 e. The monoisotopic (exact) mass is 424 g/mol. The molecule has 0 bridgehead atoms. The summed E-state index contributed by atoms with van der Waals surface area (Å²) < 4.78 is 5.52. The molecule has 2 atom stereocenters. The summed E-state index contributed by atoms with van der Waals surface area (Å²) in [5, 5.41) is 11.8. The van der Waals surface area contributed by atoms with E-state index < -0.39 is 30.1 Å². The van der Waals surface area contributed by atoms with E-state index in [-0.39, 0.29) is 18.4 Å². The van der Waals surface area contributed by atoms with E-state index in [1.807, 2.05) is 36.4 Å². The predicted octanol–water partition coefficient (Wildman–Crippen LogP) is 3.48. The normalized spacial score (nSPS) is 14.4. The fourth-order valence-electron chi connectivity index (χ4n) is 3.86. The minimum absolute atomic E-state index is 0.0824. The van der Waals surface area contributed by atoms with Crippen LogP contribution in [0.3, 0.4) is 0 Å². The van der Waals surface area contributed by atoms with Gasteiger partial charge in [-0.05, 0) is 35.1 Å². The van der Waals surface area contributed by atoms with E-state index in [4.69, 9.17) is 9.84 Å². The van der Waals surface area contributed by atoms with Gasteiger partial charge in [0.1, 0.15) is 18.7 Å². The minimum atomic E-state index is -1.11. The number of carboxylic acids is 1. The molecule has 2 N–H and O–H groups in total. The highest BCUT2D eigenvalue weighted by Gasteiger charge is 2.33. The summed E-state index contributed by atoms with van der Waals surface area (Å²) in [4.78, 5) is 37.6. The van der Waals surface area contributed by atoms with Crippen LogP contribution in [0.5, 0.6) is 0 Å². The van der Waals surface area contributed by atoms with Crippen molar-refractivity contribution in [2.75, 3.05) is 13.7 Å². The minimum Gasteiger partial charge on any atom is -0.480 e. The van der Waals surface area contributed by atoms with Crippen molar-refractivity contribution in [3.63, 3.8) is 0 Å². The summed E-state index contributed by atoms with van der Waals surface area (Å²) >= 11 is 0. The number of likely N-dealkylation sites (N-methyl/N-ethyl adjacent to an activating group) is 1. The number of amides is 2. The summed E-state index contributed by atoms with van der Waals surface area (Å²) in [6, 6.07) is 14.2. The number of hydrogen-bond donors (Lipinski definition) is 2. The summed E-state index contributed by atoms with van der Waals surface area (Å²) in [6.07, 6.45) is -0.703. The molecule has 31 heavy (non-hydrogen) atoms. The van der Waals surface area contributed by atoms with Crippen LogP contribution in [0.25, 0.3) is 11.1 Å². The molecule has 0 spiro atoms. The SMILES string of the molecule is CC(C)[C@@H](NC(=O)OCC1c2ccccc2-c2ccccc21)C(=O)N(C)C(C)C(=O)O. The lowest BCUT2D eigenvalue weighted by atomic mass is 9.98. The molecule has 0 aliphatic heterocycles. The molecule has 0 saturated heterocycles. The number of carbonyl (C=O) groups is 3. The third-order valence-electron chi connectivity index (χ3n) is 5.84. The standard InChI is InChI=1S/C24H28N2O5/c1-14(2)21(22(27)26(4)15(3)23(28)29)25-24(30)31-13-20-18-11-7-5-9-16(18)17-10-6-8-12-19(17)20/h5-12,14-15,20-21H,13H2,1-4H3,(H,25,30)(H,28,29)/t15?,21-/m1/s1. The van der Waals surface area contributed by atoms with Crippen molar-refractivity contribution < 1.29 is 24.2 Å². The second-order valence-electron chi connectivity index (χ2n) is 8.15. The number of hydrogen-bond acceptors (Lipinski definition) is 4. The van der Waals surface area contributed by atoms with Crippen LogP contribution in [0.2, 0.25) is 0 Å². The zero-order valence-corrected chi connectivity index (χ0v) is 18.2. The number of nitrogens with zero attached hydrogens (tertiary/aromatic N) is 1. The number of nitrogens with one attached hydrogen (secondary N) is 1. The Hall–Kier alpha value is -3.35. The average Bonchev–Trinajstić information content (AvgIpc) is 3.08. The van der Waals surface area contributed by atoms with Gasteiger partial charge in [0.15, 0.2) is 0 Å². The Morgan fingerprint density at radius 3 is 2.00 bits per heavy atom. The molecular weight excluding hydrogens is 396 g/mol. The Kier molecular flexibility index (Phi) is 6.63. The first-order valence-electron chi connectivity index (χ1n) is 10.3. The lowest BCUT2D eigenvalue weighted by molar-refractivity contribution is -0.149. The average molecular weight is 424 g/mol. The highest BCUT2D eigenvalue weighted by molar-refractivity contribution is 5.89. The van der Waals surface area contributed by atoms with Crippen molar-refractivity contribution >= 4 is 18.0 Å². The van der Waals surface area contributed by atoms with Gasteiger partial charge in [0.05, 0.1) is 0 Å². The number of aliphatic carboxylic acids is 1. The van der Waals surface area contributed by atoms with Gasteiger partial charge < -0.3 is 20.1 Å². The third kappa shape index (κ3) is 4.55. The number of alkyl carbamates (subject to hydrolysis) is 1. The molecule has 2 amide bonds. The third-order valence-corrected chi connectivity index (χ3v) is 5.84. The van der Waals surface area contributed by atoms with Crippen LogP contribution < -0.4 is 5.32 Å². The molecular formula is C24H28N2O5. The van der Waals surface area contributed by atoms with Gasteiger partial charge in [-0.15, -0.1) is 0 Å². The van der Waals surface area contributed by atoms with E-state index in [1.54, 1.807) is 13.8 Å². The summed E-state index contributed by atoms with van der Waals surface area (Å²) in [5.41, 5.74) is 4.46. The van der Waals surface area contributed by atoms with Crippen molar-refractivity contribution in [1.29, 1.82) is 0 Å². The van der Waals surface area contributed by atoms with Crippen LogP contribution in [0, 0.1) is 5.92 Å². The van der Waals surface area contributed by atoms with Gasteiger partial charge in [0, 0.05) is 13.0 Å². The molecule has 0 fully saturated rings. The Bertz CT molecular complexity index is 942. The van der Waals surface area contributed by atoms with Crippen molar-refractivity contribution in [3.05, 3.63) is 59.7 Å². The molecule has 1 aliphatic rings. The summed E-state index contributed by atoms with van der Waals surface area (Å²) in [7, 11) is 1.41. The van der Waals surface area contributed by atoms with E-state index in [0.717, 1.165) is 27.2 Å². The molecule has 0 heterocycles. The number of rotatable bonds is 7. The Balaban J connectivity index is 1.69. The Morgan fingerprint density at radius 1 is 1.00 bits per heavy atom. The second-order valence-corrected chi connectivity index (χ2v) is 8.15. The quantitative estimate of drug-likeness (QED) is 0.709. The van der Waals surface area contributed by atoms with Gasteiger partial charge in [-0.1, -0.05) is 62.4 Å². The maximum atomic E-state index is 12.7. The van der Waals surface area contributed by atoms with Gasteiger partial charge >= 0.3 is 12.1 Å². The molecule has 1 unspecified atom stereocenters. The summed E-state index contributed by atoms with van der Waals surface area (Å²) in [6.45, 7) is 5.13. The fraction of sp³-hybridized carbons (Fsp3) is 0.375. The molecule has 0 radical (unpaired) electrons. The fourth-order valence-corrected chi connectivity index (χ4v) is 3.86. The van der Waals surface area contributed by atoms with E-state index in [0.29, 0.717) is 0 Å². The van der Waals surface area contributed by atoms with Crippen LogP contribution in [-0.2, 0) is 14.3 Å². The molecule has 2 aromatic rings. The van der Waals surface area contributed by atoms with Crippen LogP contribution >= 0.6 is 0 Å². The first-order valence-corrected chi connectivity index (χ1v) is 10.3. The van der Waals surface area contributed by atoms with Crippen LogP contribution in [0.4, 0.5) is 4.79 Å². The van der Waals surface area contributed by atoms with E-state index in [9.17, 15) is 14.4 Å². The molecule has 7 heteroatoms. The number of carbonyl (C=O) groups excluding carboxylic acids is 2. The molecule has 2 aromatic carbocycles. The molecule has 164 valence electrons. The number of benzene rings is 2. The largest absolute Gasteiger partial charge is 0.480 e. The van der Waals surface area contributed by atoms with E-state index in [2.05, 4.69) is 17.4 Å². The molecule has 0 saturated carbocycles. The maximum absolute atomic E-state index is 12.7. The van der Waals surface area contributed by atoms with Gasteiger partial charge in [-0.3, -0.25) is 4.79 Å². The highest BCUT2D eigenvalue weighted by Crippen LogP contribution is 2.44. The zero-order chi connectivity index (χ0) is 22.7. The van der Waals surface area contributed by atoms with Gasteiger partial charge in [-0.2, -0.15) is 0 Å². The van der Waals surface area contributed by atoms with Crippen LogP contribution in [0.15, 0.2) is 48.5 Å². The van der Waals surface area contributed by atoms with Gasteiger partial charge in [0.25, 0.3) is 0 Å². The molecule has 0 aromatic heterocycles. The van der Waals surface area contributed by atoms with Crippen molar-refractivity contribution in [2.45, 2.75) is 38.8 Å². The van der Waals surface area contributed by atoms with Crippen LogP contribution in [-0.4, -0.2) is 53.7 Å². The topological polar surface area (TPSA) is 95.9 Å². The molecule has 1 aliphatic carbocycles. The molecule has 7 nitrogen and oxygen atoms in total. The zero-order valence-electron chi connectivity index (χ0n) is 18.2. The first kappa shape index (κ1) is 22.3. The highest BCUT2D eigenvalue weighted by atomic mass is 16.5.